The first kappa shape index (κ1) is 12.5. The largest absolute Gasteiger partial charge is 0.261 e. The van der Waals surface area contributed by atoms with Gasteiger partial charge in [-0.3, -0.25) is 4.84 Å². The molecule has 0 atom stereocenters. The van der Waals surface area contributed by atoms with E-state index in [2.05, 4.69) is 35.3 Å². The second-order valence-electron chi connectivity index (χ2n) is 4.90. The van der Waals surface area contributed by atoms with Crippen molar-refractivity contribution < 1.29 is 4.84 Å². The van der Waals surface area contributed by atoms with Crippen LogP contribution in [0, 0.1) is 6.92 Å². The zero-order chi connectivity index (χ0) is 14.2. The third kappa shape index (κ3) is 2.11. The molecule has 0 bridgehead atoms. The molecule has 3 aromatic rings. The molecule has 0 fully saturated rings. The fourth-order valence-electron chi connectivity index (χ4n) is 2.41. The lowest BCUT2D eigenvalue weighted by Crippen LogP contribution is -2.10. The van der Waals surface area contributed by atoms with Crippen molar-refractivity contribution >= 4 is 22.2 Å². The van der Waals surface area contributed by atoms with Crippen molar-refractivity contribution in [3.8, 4) is 10.6 Å². The Bertz CT molecular complexity index is 799. The van der Waals surface area contributed by atoms with E-state index in [-0.39, 0.29) is 0 Å². The van der Waals surface area contributed by atoms with Gasteiger partial charge < -0.3 is 0 Å². The summed E-state index contributed by atoms with van der Waals surface area (Å²) < 4.78 is 0. The summed E-state index contributed by atoms with van der Waals surface area (Å²) in [5, 5.41) is 12.0. The molecule has 4 rings (SSSR count). The predicted octanol–water partition coefficient (Wildman–Crippen LogP) is 4.10. The van der Waals surface area contributed by atoms with E-state index in [0.717, 1.165) is 21.4 Å². The molecule has 1 aromatic heterocycles. The van der Waals surface area contributed by atoms with Gasteiger partial charge in [0.2, 0.25) is 5.13 Å². The van der Waals surface area contributed by atoms with Crippen LogP contribution in [0.15, 0.2) is 48.5 Å². The third-order valence-electron chi connectivity index (χ3n) is 3.52. The van der Waals surface area contributed by atoms with Crippen molar-refractivity contribution in [2.24, 2.45) is 0 Å². The van der Waals surface area contributed by atoms with Gasteiger partial charge in [-0.15, -0.1) is 10.2 Å². The Morgan fingerprint density at radius 1 is 1.05 bits per heavy atom. The molecular weight excluding hydrogens is 282 g/mol. The summed E-state index contributed by atoms with van der Waals surface area (Å²) in [5.41, 5.74) is 4.53. The summed E-state index contributed by atoms with van der Waals surface area (Å²) >= 11 is 1.54. The first-order chi connectivity index (χ1) is 10.3. The number of hydrogen-bond acceptors (Lipinski definition) is 5. The molecule has 4 nitrogen and oxygen atoms in total. The summed E-state index contributed by atoms with van der Waals surface area (Å²) in [7, 11) is 0. The van der Waals surface area contributed by atoms with Crippen molar-refractivity contribution in [2.45, 2.75) is 13.5 Å². The summed E-state index contributed by atoms with van der Waals surface area (Å²) in [5.74, 6) is 0. The average molecular weight is 295 g/mol. The maximum absolute atomic E-state index is 5.73. The highest BCUT2D eigenvalue weighted by atomic mass is 32.1. The van der Waals surface area contributed by atoms with Crippen molar-refractivity contribution in [1.29, 1.82) is 0 Å². The van der Waals surface area contributed by atoms with Crippen LogP contribution in [0.2, 0.25) is 0 Å². The Kier molecular flexibility index (Phi) is 2.94. The van der Waals surface area contributed by atoms with Gasteiger partial charge in [-0.1, -0.05) is 53.8 Å². The van der Waals surface area contributed by atoms with E-state index >= 15 is 0 Å². The summed E-state index contributed by atoms with van der Waals surface area (Å²) in [6.45, 7) is 2.66. The zero-order valence-electron chi connectivity index (χ0n) is 11.5. The van der Waals surface area contributed by atoms with Crippen LogP contribution in [0.3, 0.4) is 0 Å². The van der Waals surface area contributed by atoms with Gasteiger partial charge in [-0.2, -0.15) is 5.06 Å². The lowest BCUT2D eigenvalue weighted by atomic mass is 10.1. The van der Waals surface area contributed by atoms with Gasteiger partial charge in [0.15, 0.2) is 0 Å². The number of rotatable bonds is 2. The minimum absolute atomic E-state index is 0.579. The Morgan fingerprint density at radius 3 is 2.76 bits per heavy atom. The van der Waals surface area contributed by atoms with Crippen LogP contribution in [-0.4, -0.2) is 10.2 Å². The molecule has 0 radical (unpaired) electrons. The molecular formula is C16H13N3OS. The van der Waals surface area contributed by atoms with Gasteiger partial charge in [0.25, 0.3) is 0 Å². The third-order valence-corrected chi connectivity index (χ3v) is 4.45. The molecule has 1 aliphatic rings. The highest BCUT2D eigenvalue weighted by molar-refractivity contribution is 7.18. The molecule has 5 heteroatoms. The van der Waals surface area contributed by atoms with Gasteiger partial charge in [0.05, 0.1) is 5.69 Å². The van der Waals surface area contributed by atoms with E-state index < -0.39 is 0 Å². The second-order valence-corrected chi connectivity index (χ2v) is 5.86. The predicted molar refractivity (Wildman–Crippen MR) is 83.5 cm³/mol. The van der Waals surface area contributed by atoms with E-state index in [1.807, 2.05) is 30.3 Å². The standard InChI is InChI=1S/C16H13N3OS/c1-11-6-2-4-8-13(11)15-17-18-16(21-15)19-14-9-5-3-7-12(14)10-20-19/h2-9H,10H2,1H3. The van der Waals surface area contributed by atoms with E-state index in [9.17, 15) is 0 Å². The number of nitrogens with zero attached hydrogens (tertiary/aromatic N) is 3. The fourth-order valence-corrected chi connectivity index (χ4v) is 3.32. The molecule has 21 heavy (non-hydrogen) atoms. The number of aryl methyl sites for hydroxylation is 1. The summed E-state index contributed by atoms with van der Waals surface area (Å²) in [6.07, 6.45) is 0. The molecule has 0 saturated heterocycles. The minimum atomic E-state index is 0.579. The van der Waals surface area contributed by atoms with Crippen LogP contribution in [-0.2, 0) is 11.4 Å². The molecule has 0 saturated carbocycles. The number of hydrogen-bond donors (Lipinski definition) is 0. The highest BCUT2D eigenvalue weighted by Crippen LogP contribution is 2.38. The Balaban J connectivity index is 1.72. The lowest BCUT2D eigenvalue weighted by molar-refractivity contribution is 0.145. The number of fused-ring (bicyclic) bond motifs is 1. The topological polar surface area (TPSA) is 38.2 Å². The van der Waals surface area contributed by atoms with Gasteiger partial charge >= 0.3 is 0 Å². The number of para-hydroxylation sites is 1. The van der Waals surface area contributed by atoms with Crippen molar-refractivity contribution in [2.75, 3.05) is 5.06 Å². The number of aromatic nitrogens is 2. The molecule has 104 valence electrons. The first-order valence-corrected chi connectivity index (χ1v) is 7.55. The molecule has 1 aliphatic heterocycles. The van der Waals surface area contributed by atoms with Crippen molar-refractivity contribution in [1.82, 2.24) is 10.2 Å². The maximum Gasteiger partial charge on any atom is 0.237 e. The van der Waals surface area contributed by atoms with Crippen LogP contribution in [0.4, 0.5) is 10.8 Å². The highest BCUT2D eigenvalue weighted by Gasteiger charge is 2.24. The molecule has 0 aliphatic carbocycles. The fraction of sp³-hybridized carbons (Fsp3) is 0.125. The van der Waals surface area contributed by atoms with Crippen LogP contribution in [0.5, 0.6) is 0 Å². The van der Waals surface area contributed by atoms with Crippen molar-refractivity contribution in [3.63, 3.8) is 0 Å². The number of benzene rings is 2. The van der Waals surface area contributed by atoms with E-state index in [1.54, 1.807) is 5.06 Å². The zero-order valence-corrected chi connectivity index (χ0v) is 12.3. The number of anilines is 2. The molecule has 0 spiro atoms. The van der Waals surface area contributed by atoms with Crippen LogP contribution in [0.25, 0.3) is 10.6 Å². The quantitative estimate of drug-likeness (QED) is 0.713. The van der Waals surface area contributed by atoms with Crippen LogP contribution in [0.1, 0.15) is 11.1 Å². The minimum Gasteiger partial charge on any atom is -0.261 e. The van der Waals surface area contributed by atoms with Gasteiger partial charge in [-0.05, 0) is 18.6 Å². The summed E-state index contributed by atoms with van der Waals surface area (Å²) in [4.78, 5) is 5.73. The molecule has 0 unspecified atom stereocenters. The van der Waals surface area contributed by atoms with E-state index in [0.29, 0.717) is 6.61 Å². The smallest absolute Gasteiger partial charge is 0.237 e. The Morgan fingerprint density at radius 2 is 1.86 bits per heavy atom. The van der Waals surface area contributed by atoms with Gasteiger partial charge in [-0.25, -0.2) is 0 Å². The normalized spacial score (nSPS) is 13.5. The first-order valence-electron chi connectivity index (χ1n) is 6.73. The monoisotopic (exact) mass is 295 g/mol. The van der Waals surface area contributed by atoms with E-state index in [1.165, 1.54) is 22.5 Å². The second kappa shape index (κ2) is 4.95. The Hall–Kier alpha value is -2.24. The molecule has 0 amide bonds. The van der Waals surface area contributed by atoms with Crippen molar-refractivity contribution in [3.05, 3.63) is 59.7 Å². The summed E-state index contributed by atoms with van der Waals surface area (Å²) in [6, 6.07) is 16.3. The van der Waals surface area contributed by atoms with Gasteiger partial charge in [0.1, 0.15) is 11.6 Å². The molecule has 0 N–H and O–H groups in total. The van der Waals surface area contributed by atoms with E-state index in [4.69, 9.17) is 4.84 Å². The molecule has 2 aromatic carbocycles. The average Bonchev–Trinajstić information content (AvgIpc) is 3.14. The molecule has 2 heterocycles. The Labute approximate surface area is 126 Å². The maximum atomic E-state index is 5.73. The van der Waals surface area contributed by atoms with Crippen LogP contribution < -0.4 is 5.06 Å². The van der Waals surface area contributed by atoms with Crippen LogP contribution >= 0.6 is 11.3 Å². The van der Waals surface area contributed by atoms with Gasteiger partial charge in [0, 0.05) is 11.1 Å². The lowest BCUT2D eigenvalue weighted by Gasteiger charge is -2.12. The SMILES string of the molecule is Cc1ccccc1-c1nnc(N2OCc3ccccc32)s1.